The second-order valence-corrected chi connectivity index (χ2v) is 7.24. The molecule has 5 heteroatoms. The fourth-order valence-corrected chi connectivity index (χ4v) is 3.91. The summed E-state index contributed by atoms with van der Waals surface area (Å²) in [5.41, 5.74) is 0. The molecule has 3 rings (SSSR count). The van der Waals surface area contributed by atoms with E-state index in [1.54, 1.807) is 0 Å². The highest BCUT2D eigenvalue weighted by atomic mass is 79.9. The van der Waals surface area contributed by atoms with Crippen LogP contribution in [0, 0.1) is 0 Å². The number of nitrogens with one attached hydrogen (secondary N) is 1. The Morgan fingerprint density at radius 2 is 2.09 bits per heavy atom. The minimum atomic E-state index is 0.182. The van der Waals surface area contributed by atoms with Crippen molar-refractivity contribution in [2.45, 2.75) is 50.2 Å². The largest absolute Gasteiger partial charge is 0.493 e. The Bertz CT molecular complexity index is 525. The molecule has 2 fully saturated rings. The van der Waals surface area contributed by atoms with E-state index in [0.29, 0.717) is 31.2 Å². The predicted octanol–water partition coefficient (Wildman–Crippen LogP) is 2.96. The van der Waals surface area contributed by atoms with Crippen LogP contribution in [0.15, 0.2) is 28.7 Å². The lowest BCUT2D eigenvalue weighted by Gasteiger charge is -2.35. The summed E-state index contributed by atoms with van der Waals surface area (Å²) in [5, 5.41) is 3.62. The Hall–Kier alpha value is -1.07. The first-order valence-electron chi connectivity index (χ1n) is 8.02. The molecule has 1 aromatic rings. The predicted molar refractivity (Wildman–Crippen MR) is 90.0 cm³/mol. The molecule has 2 saturated heterocycles. The smallest absolute Gasteiger partial charge is 0.225 e. The quantitative estimate of drug-likeness (QED) is 0.870. The number of carbonyl (C=O) groups excluding carboxylic acids is 1. The van der Waals surface area contributed by atoms with E-state index in [0.717, 1.165) is 23.1 Å². The SMILES string of the molecule is CN(C(=O)CCOc1cccc(Br)c1)C1CC2CCC(C1)N2. The van der Waals surface area contributed by atoms with Crippen LogP contribution in [0.4, 0.5) is 0 Å². The second-order valence-electron chi connectivity index (χ2n) is 6.32. The lowest BCUT2D eigenvalue weighted by molar-refractivity contribution is -0.133. The minimum Gasteiger partial charge on any atom is -0.493 e. The highest BCUT2D eigenvalue weighted by Crippen LogP contribution is 2.29. The fourth-order valence-electron chi connectivity index (χ4n) is 3.54. The van der Waals surface area contributed by atoms with E-state index in [2.05, 4.69) is 21.2 Å². The van der Waals surface area contributed by atoms with Crippen LogP contribution in [-0.4, -0.2) is 42.6 Å². The number of nitrogens with zero attached hydrogens (tertiary/aromatic N) is 1. The Morgan fingerprint density at radius 1 is 1.36 bits per heavy atom. The summed E-state index contributed by atoms with van der Waals surface area (Å²) in [7, 11) is 1.94. The Morgan fingerprint density at radius 3 is 2.77 bits per heavy atom. The van der Waals surface area contributed by atoms with E-state index in [1.165, 1.54) is 12.8 Å². The molecule has 0 radical (unpaired) electrons. The van der Waals surface area contributed by atoms with E-state index in [4.69, 9.17) is 4.74 Å². The molecule has 1 aromatic carbocycles. The van der Waals surface area contributed by atoms with Gasteiger partial charge in [0.1, 0.15) is 5.75 Å². The number of hydrogen-bond acceptors (Lipinski definition) is 3. The summed E-state index contributed by atoms with van der Waals surface area (Å²) in [4.78, 5) is 14.3. The van der Waals surface area contributed by atoms with Crippen LogP contribution in [-0.2, 0) is 4.79 Å². The van der Waals surface area contributed by atoms with Crippen molar-refractivity contribution in [3.8, 4) is 5.75 Å². The number of amides is 1. The lowest BCUT2D eigenvalue weighted by Crippen LogP contribution is -2.48. The number of carbonyl (C=O) groups is 1. The van der Waals surface area contributed by atoms with Crippen LogP contribution in [0.5, 0.6) is 5.75 Å². The molecular formula is C17H23BrN2O2. The highest BCUT2D eigenvalue weighted by molar-refractivity contribution is 9.10. The van der Waals surface area contributed by atoms with Gasteiger partial charge in [-0.25, -0.2) is 0 Å². The first-order valence-corrected chi connectivity index (χ1v) is 8.81. The Balaban J connectivity index is 1.45. The van der Waals surface area contributed by atoms with Crippen LogP contribution in [0.25, 0.3) is 0 Å². The molecule has 1 amide bonds. The molecule has 120 valence electrons. The van der Waals surface area contributed by atoms with E-state index in [1.807, 2.05) is 36.2 Å². The Kier molecular flexibility index (Phi) is 5.03. The van der Waals surface area contributed by atoms with Gasteiger partial charge in [0, 0.05) is 29.6 Å². The molecule has 1 N–H and O–H groups in total. The summed E-state index contributed by atoms with van der Waals surface area (Å²) in [5.74, 6) is 0.978. The summed E-state index contributed by atoms with van der Waals surface area (Å²) in [6, 6.07) is 9.31. The van der Waals surface area contributed by atoms with Crippen molar-refractivity contribution >= 4 is 21.8 Å². The van der Waals surface area contributed by atoms with Crippen LogP contribution < -0.4 is 10.1 Å². The molecule has 2 heterocycles. The van der Waals surface area contributed by atoms with Gasteiger partial charge in [0.05, 0.1) is 13.0 Å². The molecule has 0 aromatic heterocycles. The monoisotopic (exact) mass is 366 g/mol. The normalized spacial score (nSPS) is 26.7. The average molecular weight is 367 g/mol. The maximum absolute atomic E-state index is 12.3. The van der Waals surface area contributed by atoms with Gasteiger partial charge in [0.25, 0.3) is 0 Å². The number of rotatable bonds is 5. The van der Waals surface area contributed by atoms with Crippen molar-refractivity contribution in [3.05, 3.63) is 28.7 Å². The van der Waals surface area contributed by atoms with Gasteiger partial charge in [-0.15, -0.1) is 0 Å². The molecule has 2 aliphatic heterocycles. The van der Waals surface area contributed by atoms with Crippen molar-refractivity contribution in [2.24, 2.45) is 0 Å². The topological polar surface area (TPSA) is 41.6 Å². The van der Waals surface area contributed by atoms with Crippen molar-refractivity contribution in [2.75, 3.05) is 13.7 Å². The molecule has 22 heavy (non-hydrogen) atoms. The maximum atomic E-state index is 12.3. The molecular weight excluding hydrogens is 344 g/mol. The standard InChI is InChI=1S/C17H23BrN2O2/c1-20(15-10-13-5-6-14(11-15)19-13)17(21)7-8-22-16-4-2-3-12(18)9-16/h2-4,9,13-15,19H,5-8,10-11H2,1H3. The number of piperidine rings is 1. The number of benzene rings is 1. The van der Waals surface area contributed by atoms with Gasteiger partial charge in [-0.1, -0.05) is 22.0 Å². The van der Waals surface area contributed by atoms with Gasteiger partial charge in [0.2, 0.25) is 5.91 Å². The molecule has 4 nitrogen and oxygen atoms in total. The van der Waals surface area contributed by atoms with Crippen LogP contribution in [0.3, 0.4) is 0 Å². The van der Waals surface area contributed by atoms with Crippen molar-refractivity contribution in [1.29, 1.82) is 0 Å². The van der Waals surface area contributed by atoms with Crippen LogP contribution >= 0.6 is 15.9 Å². The zero-order valence-electron chi connectivity index (χ0n) is 12.9. The highest BCUT2D eigenvalue weighted by Gasteiger charge is 2.36. The molecule has 2 bridgehead atoms. The zero-order chi connectivity index (χ0) is 15.5. The van der Waals surface area contributed by atoms with Gasteiger partial charge >= 0.3 is 0 Å². The van der Waals surface area contributed by atoms with Crippen LogP contribution in [0.2, 0.25) is 0 Å². The third kappa shape index (κ3) is 3.82. The first kappa shape index (κ1) is 15.8. The first-order chi connectivity index (χ1) is 10.6. The van der Waals surface area contributed by atoms with Gasteiger partial charge < -0.3 is 15.0 Å². The van der Waals surface area contributed by atoms with E-state index in [-0.39, 0.29) is 5.91 Å². The van der Waals surface area contributed by atoms with E-state index < -0.39 is 0 Å². The molecule has 0 spiro atoms. The zero-order valence-corrected chi connectivity index (χ0v) is 14.5. The van der Waals surface area contributed by atoms with E-state index in [9.17, 15) is 4.79 Å². The van der Waals surface area contributed by atoms with Gasteiger partial charge in [-0.2, -0.15) is 0 Å². The molecule has 2 aliphatic rings. The summed E-state index contributed by atoms with van der Waals surface area (Å²) in [6.45, 7) is 0.428. The second kappa shape index (κ2) is 7.01. The van der Waals surface area contributed by atoms with Gasteiger partial charge in [-0.3, -0.25) is 4.79 Å². The van der Waals surface area contributed by atoms with Crippen molar-refractivity contribution < 1.29 is 9.53 Å². The van der Waals surface area contributed by atoms with E-state index >= 15 is 0 Å². The molecule has 0 saturated carbocycles. The third-order valence-corrected chi connectivity index (χ3v) is 5.26. The molecule has 2 unspecified atom stereocenters. The third-order valence-electron chi connectivity index (χ3n) is 4.77. The average Bonchev–Trinajstić information content (AvgIpc) is 2.85. The van der Waals surface area contributed by atoms with Gasteiger partial charge in [-0.05, 0) is 43.9 Å². The van der Waals surface area contributed by atoms with Crippen molar-refractivity contribution in [1.82, 2.24) is 10.2 Å². The molecule has 2 atom stereocenters. The Labute approximate surface area is 140 Å². The van der Waals surface area contributed by atoms with Crippen molar-refractivity contribution in [3.63, 3.8) is 0 Å². The number of fused-ring (bicyclic) bond motifs is 2. The van der Waals surface area contributed by atoms with Crippen LogP contribution in [0.1, 0.15) is 32.1 Å². The number of halogens is 1. The summed E-state index contributed by atoms with van der Waals surface area (Å²) >= 11 is 3.41. The number of ether oxygens (including phenoxy) is 1. The number of hydrogen-bond donors (Lipinski definition) is 1. The summed E-state index contributed by atoms with van der Waals surface area (Å²) < 4.78 is 6.64. The molecule has 0 aliphatic carbocycles. The lowest BCUT2D eigenvalue weighted by atomic mass is 9.98. The maximum Gasteiger partial charge on any atom is 0.225 e. The van der Waals surface area contributed by atoms with Gasteiger partial charge in [0.15, 0.2) is 0 Å². The fraction of sp³-hybridized carbons (Fsp3) is 0.588. The summed E-state index contributed by atoms with van der Waals surface area (Å²) in [6.07, 6.45) is 5.13. The minimum absolute atomic E-state index is 0.182.